The van der Waals surface area contributed by atoms with E-state index in [1.54, 1.807) is 36.1 Å². The van der Waals surface area contributed by atoms with E-state index in [2.05, 4.69) is 24.0 Å². The number of hydrogen-bond donors (Lipinski definition) is 0. The highest BCUT2D eigenvalue weighted by molar-refractivity contribution is 6.09. The Balaban J connectivity index is 1.21. The second-order valence-corrected chi connectivity index (χ2v) is 10.2. The lowest BCUT2D eigenvalue weighted by atomic mass is 9.82. The van der Waals surface area contributed by atoms with E-state index in [0.717, 1.165) is 44.6 Å². The highest BCUT2D eigenvalue weighted by Gasteiger charge is 2.50. The molecule has 1 saturated heterocycles. The molecule has 1 unspecified atom stereocenters. The fourth-order valence-electron chi connectivity index (χ4n) is 5.42. The van der Waals surface area contributed by atoms with Crippen molar-refractivity contribution in [2.75, 3.05) is 26.2 Å². The van der Waals surface area contributed by atoms with Gasteiger partial charge >= 0.3 is 0 Å². The molecule has 0 N–H and O–H groups in total. The molecular formula is C31H33F2N3O2. The number of carbonyl (C=O) groups excluding carboxylic acids is 1. The van der Waals surface area contributed by atoms with Crippen LogP contribution in [0.3, 0.4) is 0 Å². The minimum atomic E-state index is -1.43. The summed E-state index contributed by atoms with van der Waals surface area (Å²) in [6, 6.07) is 19.9. The van der Waals surface area contributed by atoms with Gasteiger partial charge in [0.2, 0.25) is 0 Å². The normalized spacial score (nSPS) is 20.6. The number of benzene rings is 3. The quantitative estimate of drug-likeness (QED) is 0.385. The molecule has 0 aromatic heterocycles. The number of rotatable bonds is 8. The maximum atomic E-state index is 14.2. The molecule has 5 nitrogen and oxygen atoms in total. The molecule has 0 spiro atoms. The number of aliphatic imine (C=N–C) groups is 1. The van der Waals surface area contributed by atoms with Gasteiger partial charge in [-0.1, -0.05) is 42.0 Å². The van der Waals surface area contributed by atoms with Crippen molar-refractivity contribution in [1.29, 1.82) is 0 Å². The van der Waals surface area contributed by atoms with Gasteiger partial charge in [-0.05, 0) is 87.2 Å². The Hall–Kier alpha value is -3.58. The molecule has 5 rings (SSSR count). The van der Waals surface area contributed by atoms with Gasteiger partial charge in [0.1, 0.15) is 29.3 Å². The molecule has 38 heavy (non-hydrogen) atoms. The second-order valence-electron chi connectivity index (χ2n) is 10.2. The van der Waals surface area contributed by atoms with E-state index in [1.165, 1.54) is 29.8 Å². The Labute approximate surface area is 222 Å². The van der Waals surface area contributed by atoms with Crippen LogP contribution in [0.15, 0.2) is 77.8 Å². The Bertz CT molecular complexity index is 1300. The highest BCUT2D eigenvalue weighted by atomic mass is 19.1. The van der Waals surface area contributed by atoms with E-state index >= 15 is 0 Å². The SMILES string of the molecule is CC1=NC(c2ccc(F)cc2)(c2cccc(F)c2)C(=O)N1CCCN1CCC(Oc2ccc(C)cc2)CC1. The van der Waals surface area contributed by atoms with Crippen LogP contribution in [0.5, 0.6) is 5.75 Å². The summed E-state index contributed by atoms with van der Waals surface area (Å²) >= 11 is 0. The van der Waals surface area contributed by atoms with Gasteiger partial charge in [-0.3, -0.25) is 9.69 Å². The summed E-state index contributed by atoms with van der Waals surface area (Å²) < 4.78 is 34.1. The fraction of sp³-hybridized carbons (Fsp3) is 0.355. The minimum Gasteiger partial charge on any atom is -0.490 e. The largest absolute Gasteiger partial charge is 0.490 e. The third kappa shape index (κ3) is 5.34. The Morgan fingerprint density at radius 2 is 1.61 bits per heavy atom. The summed E-state index contributed by atoms with van der Waals surface area (Å²) in [5.41, 5.74) is 0.749. The van der Waals surface area contributed by atoms with Crippen LogP contribution in [-0.2, 0) is 10.3 Å². The number of likely N-dealkylation sites (tertiary alicyclic amines) is 1. The van der Waals surface area contributed by atoms with Crippen LogP contribution in [0.4, 0.5) is 8.78 Å². The number of hydrogen-bond acceptors (Lipinski definition) is 4. The van der Waals surface area contributed by atoms with Gasteiger partial charge < -0.3 is 9.64 Å². The third-order valence-electron chi connectivity index (χ3n) is 7.49. The van der Waals surface area contributed by atoms with E-state index in [-0.39, 0.29) is 12.0 Å². The number of piperidine rings is 1. The predicted octanol–water partition coefficient (Wildman–Crippen LogP) is 5.71. The summed E-state index contributed by atoms with van der Waals surface area (Å²) in [5, 5.41) is 0. The summed E-state index contributed by atoms with van der Waals surface area (Å²) in [7, 11) is 0. The van der Waals surface area contributed by atoms with Crippen LogP contribution in [0, 0.1) is 18.6 Å². The molecule has 2 aliphatic heterocycles. The molecule has 1 atom stereocenters. The van der Waals surface area contributed by atoms with Crippen LogP contribution in [-0.4, -0.2) is 53.8 Å². The number of halogens is 2. The van der Waals surface area contributed by atoms with Crippen molar-refractivity contribution in [1.82, 2.24) is 9.80 Å². The van der Waals surface area contributed by atoms with Crippen LogP contribution < -0.4 is 4.74 Å². The van der Waals surface area contributed by atoms with Crippen molar-refractivity contribution in [3.63, 3.8) is 0 Å². The molecule has 2 heterocycles. The van der Waals surface area contributed by atoms with Crippen LogP contribution in [0.1, 0.15) is 42.9 Å². The first-order valence-corrected chi connectivity index (χ1v) is 13.2. The molecule has 0 saturated carbocycles. The standard InChI is InChI=1S/C31H33F2N3O2/c1-22-7-13-28(14-8-22)38-29-15-19-35(20-16-29)17-4-18-36-23(2)34-31(30(36)37,24-9-11-26(32)12-10-24)25-5-3-6-27(33)21-25/h3,5-14,21,29H,4,15-20H2,1-2H3. The van der Waals surface area contributed by atoms with E-state index < -0.39 is 17.2 Å². The van der Waals surface area contributed by atoms with Gasteiger partial charge in [-0.25, -0.2) is 13.8 Å². The number of nitrogens with zero attached hydrogens (tertiary/aromatic N) is 3. The van der Waals surface area contributed by atoms with E-state index in [0.29, 0.717) is 23.5 Å². The molecule has 198 valence electrons. The average molecular weight is 518 g/mol. The first-order chi connectivity index (χ1) is 18.3. The number of aryl methyl sites for hydroxylation is 1. The van der Waals surface area contributed by atoms with E-state index in [9.17, 15) is 13.6 Å². The monoisotopic (exact) mass is 517 g/mol. The summed E-state index contributed by atoms with van der Waals surface area (Å²) in [6.45, 7) is 7.12. The van der Waals surface area contributed by atoms with Gasteiger partial charge in [-0.2, -0.15) is 0 Å². The maximum absolute atomic E-state index is 14.2. The predicted molar refractivity (Wildman–Crippen MR) is 144 cm³/mol. The molecular weight excluding hydrogens is 484 g/mol. The zero-order valence-electron chi connectivity index (χ0n) is 21.9. The molecule has 0 aliphatic carbocycles. The Morgan fingerprint density at radius 1 is 0.895 bits per heavy atom. The number of carbonyl (C=O) groups is 1. The van der Waals surface area contributed by atoms with E-state index in [1.807, 2.05) is 12.1 Å². The average Bonchev–Trinajstić information content (AvgIpc) is 3.17. The van der Waals surface area contributed by atoms with Crippen LogP contribution >= 0.6 is 0 Å². The fourth-order valence-corrected chi connectivity index (χ4v) is 5.42. The Kier molecular flexibility index (Phi) is 7.56. The number of amides is 1. The molecule has 7 heteroatoms. The topological polar surface area (TPSA) is 45.1 Å². The minimum absolute atomic E-state index is 0.214. The van der Waals surface area contributed by atoms with Crippen molar-refractivity contribution in [2.24, 2.45) is 4.99 Å². The van der Waals surface area contributed by atoms with Gasteiger partial charge in [0.15, 0.2) is 5.54 Å². The zero-order valence-corrected chi connectivity index (χ0v) is 21.9. The van der Waals surface area contributed by atoms with Crippen LogP contribution in [0.2, 0.25) is 0 Å². The van der Waals surface area contributed by atoms with Gasteiger partial charge in [0, 0.05) is 19.6 Å². The van der Waals surface area contributed by atoms with E-state index in [4.69, 9.17) is 9.73 Å². The van der Waals surface area contributed by atoms with Crippen molar-refractivity contribution in [3.8, 4) is 5.75 Å². The van der Waals surface area contributed by atoms with Crippen molar-refractivity contribution >= 4 is 11.7 Å². The smallest absolute Gasteiger partial charge is 0.265 e. The molecule has 0 radical (unpaired) electrons. The lowest BCUT2D eigenvalue weighted by Crippen LogP contribution is -2.43. The van der Waals surface area contributed by atoms with Crippen LogP contribution in [0.25, 0.3) is 0 Å². The zero-order chi connectivity index (χ0) is 26.7. The maximum Gasteiger partial charge on any atom is 0.265 e. The molecule has 2 aliphatic rings. The first kappa shape index (κ1) is 26.0. The van der Waals surface area contributed by atoms with Gasteiger partial charge in [0.05, 0.1) is 0 Å². The summed E-state index contributed by atoms with van der Waals surface area (Å²) in [4.78, 5) is 22.8. The molecule has 3 aromatic carbocycles. The molecule has 1 amide bonds. The third-order valence-corrected chi connectivity index (χ3v) is 7.49. The Morgan fingerprint density at radius 3 is 2.29 bits per heavy atom. The lowest BCUT2D eigenvalue weighted by Gasteiger charge is -2.32. The molecule has 1 fully saturated rings. The number of ether oxygens (including phenoxy) is 1. The lowest BCUT2D eigenvalue weighted by molar-refractivity contribution is -0.130. The second kappa shape index (κ2) is 11.0. The molecule has 3 aromatic rings. The van der Waals surface area contributed by atoms with Crippen molar-refractivity contribution in [3.05, 3.63) is 101 Å². The van der Waals surface area contributed by atoms with Gasteiger partial charge in [-0.15, -0.1) is 0 Å². The summed E-state index contributed by atoms with van der Waals surface area (Å²) in [5.74, 6) is 0.405. The number of amidine groups is 1. The first-order valence-electron chi connectivity index (χ1n) is 13.2. The van der Waals surface area contributed by atoms with Crippen molar-refractivity contribution in [2.45, 2.75) is 44.8 Å². The van der Waals surface area contributed by atoms with Crippen molar-refractivity contribution < 1.29 is 18.3 Å². The van der Waals surface area contributed by atoms with Gasteiger partial charge in [0.25, 0.3) is 5.91 Å². The highest BCUT2D eigenvalue weighted by Crippen LogP contribution is 2.40. The summed E-state index contributed by atoms with van der Waals surface area (Å²) in [6.07, 6.45) is 2.92. The molecule has 0 bridgehead atoms.